The van der Waals surface area contributed by atoms with Gasteiger partial charge in [-0.1, -0.05) is 54.6 Å². The number of hydrogen-bond donors (Lipinski definition) is 0. The van der Waals surface area contributed by atoms with Crippen LogP contribution in [-0.2, 0) is 0 Å². The van der Waals surface area contributed by atoms with Gasteiger partial charge in [0, 0.05) is 45.6 Å². The molecule has 4 heterocycles. The van der Waals surface area contributed by atoms with Gasteiger partial charge in [-0.15, -0.1) is 0 Å². The molecule has 4 aromatic heterocycles. The van der Waals surface area contributed by atoms with Gasteiger partial charge in [0.1, 0.15) is 16.7 Å². The molecule has 0 unspecified atom stereocenters. The van der Waals surface area contributed by atoms with E-state index in [4.69, 9.17) is 8.83 Å². The first-order valence-corrected chi connectivity index (χ1v) is 14.2. The minimum Gasteiger partial charge on any atom is -0.454 e. The summed E-state index contributed by atoms with van der Waals surface area (Å²) in [4.78, 5) is 11.3. The van der Waals surface area contributed by atoms with E-state index in [2.05, 4.69) is 106 Å². The lowest BCUT2D eigenvalue weighted by molar-refractivity contribution is 0.654. The fraction of sp³-hybridized carbons (Fsp3) is 0. The molecule has 0 saturated carbocycles. The standard InChI is InChI=1S/C38H23N3O2/c1-2-7-26-22-28(17-12-24(26)6-1)41(29-18-19-33-32(23-29)37-35(42-33)11-5-20-39-37)27-15-13-25(14-16-27)30-8-3-10-34-36(30)31-9-4-21-40-38(31)43-34/h1-23H. The van der Waals surface area contributed by atoms with E-state index in [1.807, 2.05) is 42.6 Å². The summed E-state index contributed by atoms with van der Waals surface area (Å²) in [6.07, 6.45) is 3.57. The van der Waals surface area contributed by atoms with Crippen LogP contribution >= 0.6 is 0 Å². The maximum atomic E-state index is 6.09. The van der Waals surface area contributed by atoms with Crippen LogP contribution in [0.5, 0.6) is 0 Å². The molecule has 9 aromatic rings. The van der Waals surface area contributed by atoms with Gasteiger partial charge in [-0.25, -0.2) is 4.98 Å². The quantitative estimate of drug-likeness (QED) is 0.217. The number of pyridine rings is 2. The van der Waals surface area contributed by atoms with Gasteiger partial charge in [-0.2, -0.15) is 0 Å². The molecule has 5 heteroatoms. The van der Waals surface area contributed by atoms with Crippen molar-refractivity contribution in [1.82, 2.24) is 9.97 Å². The van der Waals surface area contributed by atoms with Crippen LogP contribution in [0.15, 0.2) is 149 Å². The Balaban J connectivity index is 1.22. The van der Waals surface area contributed by atoms with E-state index in [-0.39, 0.29) is 0 Å². The predicted octanol–water partition coefficient (Wildman–Crippen LogP) is 10.6. The predicted molar refractivity (Wildman–Crippen MR) is 174 cm³/mol. The molecule has 0 aliphatic heterocycles. The van der Waals surface area contributed by atoms with Crippen LogP contribution in [0.25, 0.3) is 66.0 Å². The molecule has 202 valence electrons. The molecule has 0 saturated heterocycles. The maximum Gasteiger partial charge on any atom is 0.227 e. The molecule has 0 fully saturated rings. The first-order valence-electron chi connectivity index (χ1n) is 14.2. The van der Waals surface area contributed by atoms with Gasteiger partial charge in [0.2, 0.25) is 5.71 Å². The van der Waals surface area contributed by atoms with Crippen molar-refractivity contribution < 1.29 is 8.83 Å². The highest BCUT2D eigenvalue weighted by Gasteiger charge is 2.18. The number of fused-ring (bicyclic) bond motifs is 7. The Kier molecular flexibility index (Phi) is 5.13. The second-order valence-corrected chi connectivity index (χ2v) is 10.7. The summed E-state index contributed by atoms with van der Waals surface area (Å²) in [5, 5.41) is 5.48. The van der Waals surface area contributed by atoms with Gasteiger partial charge in [0.05, 0.1) is 0 Å². The number of benzene rings is 5. The van der Waals surface area contributed by atoms with E-state index in [0.717, 1.165) is 66.6 Å². The Labute approximate surface area is 246 Å². The number of furan rings is 2. The molecule has 0 atom stereocenters. The molecule has 5 nitrogen and oxygen atoms in total. The highest BCUT2D eigenvalue weighted by Crippen LogP contribution is 2.41. The number of nitrogens with zero attached hydrogens (tertiary/aromatic N) is 3. The first-order chi connectivity index (χ1) is 21.3. The molecule has 0 radical (unpaired) electrons. The number of aromatic nitrogens is 2. The van der Waals surface area contributed by atoms with Crippen molar-refractivity contribution in [3.05, 3.63) is 140 Å². The molecule has 43 heavy (non-hydrogen) atoms. The lowest BCUT2D eigenvalue weighted by Crippen LogP contribution is -2.09. The Morgan fingerprint density at radius 2 is 1.26 bits per heavy atom. The molecule has 0 aliphatic carbocycles. The Morgan fingerprint density at radius 3 is 2.19 bits per heavy atom. The summed E-state index contributed by atoms with van der Waals surface area (Å²) in [5.41, 5.74) is 9.33. The molecule has 5 aromatic carbocycles. The lowest BCUT2D eigenvalue weighted by Gasteiger charge is -2.26. The Morgan fingerprint density at radius 1 is 0.488 bits per heavy atom. The fourth-order valence-corrected chi connectivity index (χ4v) is 6.18. The largest absolute Gasteiger partial charge is 0.454 e. The lowest BCUT2D eigenvalue weighted by atomic mass is 9.99. The molecule has 0 aliphatic rings. The van der Waals surface area contributed by atoms with E-state index in [9.17, 15) is 0 Å². The SMILES string of the molecule is c1ccc2cc(N(c3ccc(-c4cccc5oc6ncccc6c45)cc3)c3ccc4oc5cccnc5c4c3)ccc2c1. The molecule has 9 rings (SSSR count). The summed E-state index contributed by atoms with van der Waals surface area (Å²) in [6, 6.07) is 44.1. The summed E-state index contributed by atoms with van der Waals surface area (Å²) in [7, 11) is 0. The van der Waals surface area contributed by atoms with Gasteiger partial charge >= 0.3 is 0 Å². The van der Waals surface area contributed by atoms with Gasteiger partial charge < -0.3 is 13.7 Å². The Hall–Kier alpha value is -5.94. The van der Waals surface area contributed by atoms with Crippen LogP contribution < -0.4 is 4.90 Å². The molecule has 0 spiro atoms. The van der Waals surface area contributed by atoms with E-state index >= 15 is 0 Å². The zero-order chi connectivity index (χ0) is 28.3. The maximum absolute atomic E-state index is 6.09. The van der Waals surface area contributed by atoms with Crippen LogP contribution in [0.2, 0.25) is 0 Å². The van der Waals surface area contributed by atoms with Crippen LogP contribution in [0, 0.1) is 0 Å². The molecule has 0 bridgehead atoms. The van der Waals surface area contributed by atoms with Crippen LogP contribution in [-0.4, -0.2) is 9.97 Å². The highest BCUT2D eigenvalue weighted by atomic mass is 16.3. The highest BCUT2D eigenvalue weighted by molar-refractivity contribution is 6.11. The van der Waals surface area contributed by atoms with Crippen molar-refractivity contribution >= 4 is 72.0 Å². The van der Waals surface area contributed by atoms with Crippen LogP contribution in [0.4, 0.5) is 17.1 Å². The number of rotatable bonds is 4. The second kappa shape index (κ2) is 9.29. The van der Waals surface area contributed by atoms with Gasteiger partial charge in [0.15, 0.2) is 5.58 Å². The van der Waals surface area contributed by atoms with Crippen LogP contribution in [0.3, 0.4) is 0 Å². The fourth-order valence-electron chi connectivity index (χ4n) is 6.18. The van der Waals surface area contributed by atoms with E-state index < -0.39 is 0 Å². The van der Waals surface area contributed by atoms with Crippen molar-refractivity contribution in [2.75, 3.05) is 4.90 Å². The monoisotopic (exact) mass is 553 g/mol. The first kappa shape index (κ1) is 23.7. The van der Waals surface area contributed by atoms with E-state index in [1.54, 1.807) is 6.20 Å². The minimum absolute atomic E-state index is 0.653. The van der Waals surface area contributed by atoms with Gasteiger partial charge in [-0.05, 0) is 94.7 Å². The smallest absolute Gasteiger partial charge is 0.227 e. The van der Waals surface area contributed by atoms with Crippen molar-refractivity contribution in [2.24, 2.45) is 0 Å². The minimum atomic E-state index is 0.653. The summed E-state index contributed by atoms with van der Waals surface area (Å²) in [6.45, 7) is 0. The normalized spacial score (nSPS) is 11.7. The van der Waals surface area contributed by atoms with Gasteiger partial charge in [0.25, 0.3) is 0 Å². The van der Waals surface area contributed by atoms with E-state index in [0.29, 0.717) is 5.71 Å². The van der Waals surface area contributed by atoms with Crippen molar-refractivity contribution in [1.29, 1.82) is 0 Å². The van der Waals surface area contributed by atoms with Crippen molar-refractivity contribution in [3.8, 4) is 11.1 Å². The average Bonchev–Trinajstić information content (AvgIpc) is 3.63. The summed E-state index contributed by atoms with van der Waals surface area (Å²) >= 11 is 0. The zero-order valence-corrected chi connectivity index (χ0v) is 22.9. The molecular weight excluding hydrogens is 530 g/mol. The third kappa shape index (κ3) is 3.79. The van der Waals surface area contributed by atoms with Crippen molar-refractivity contribution in [3.63, 3.8) is 0 Å². The molecule has 0 amide bonds. The third-order valence-electron chi connectivity index (χ3n) is 8.17. The van der Waals surface area contributed by atoms with E-state index in [1.165, 1.54) is 10.8 Å². The average molecular weight is 554 g/mol. The van der Waals surface area contributed by atoms with Gasteiger partial charge in [-0.3, -0.25) is 4.98 Å². The summed E-state index contributed by atoms with van der Waals surface area (Å²) < 4.78 is 12.1. The number of anilines is 3. The topological polar surface area (TPSA) is 55.3 Å². The Bertz CT molecular complexity index is 2470. The number of hydrogen-bond acceptors (Lipinski definition) is 5. The molecule has 0 N–H and O–H groups in total. The third-order valence-corrected chi connectivity index (χ3v) is 8.17. The van der Waals surface area contributed by atoms with Crippen molar-refractivity contribution in [2.45, 2.75) is 0 Å². The van der Waals surface area contributed by atoms with Crippen LogP contribution in [0.1, 0.15) is 0 Å². The second-order valence-electron chi connectivity index (χ2n) is 10.7. The zero-order valence-electron chi connectivity index (χ0n) is 22.9. The molecular formula is C38H23N3O2. The summed E-state index contributed by atoms with van der Waals surface area (Å²) in [5.74, 6) is 0.